The van der Waals surface area contributed by atoms with Crippen LogP contribution in [0.3, 0.4) is 0 Å². The van der Waals surface area contributed by atoms with Crippen molar-refractivity contribution in [2.24, 2.45) is 5.73 Å². The van der Waals surface area contributed by atoms with Crippen LogP contribution in [0.15, 0.2) is 30.5 Å². The van der Waals surface area contributed by atoms with Crippen molar-refractivity contribution in [3.8, 4) is 0 Å². The number of benzene rings is 1. The molecular formula is C21H29N5O6. The zero-order valence-corrected chi connectivity index (χ0v) is 18.1. The molecule has 11 nitrogen and oxygen atoms in total. The van der Waals surface area contributed by atoms with E-state index in [1.54, 1.807) is 6.20 Å². The lowest BCUT2D eigenvalue weighted by Gasteiger charge is -2.22. The molecule has 1 aromatic carbocycles. The van der Waals surface area contributed by atoms with Gasteiger partial charge in [-0.2, -0.15) is 0 Å². The summed E-state index contributed by atoms with van der Waals surface area (Å²) in [6.07, 6.45) is 0.649. The SMILES string of the molecule is CC(NC(=O)C(C)NC(=O)C(N)C(C)O)C(=O)NC(Cc1c[nH]c2ccccc12)C(=O)O. The molecule has 1 heterocycles. The van der Waals surface area contributed by atoms with Gasteiger partial charge >= 0.3 is 5.97 Å². The molecule has 0 saturated heterocycles. The molecule has 174 valence electrons. The lowest BCUT2D eigenvalue weighted by Crippen LogP contribution is -2.56. The third kappa shape index (κ3) is 6.28. The standard InChI is InChI=1S/C21H29N5O6/c1-10(25-20(30)17(22)12(3)27)18(28)24-11(2)19(29)26-16(21(31)32)8-13-9-23-15-7-5-4-6-14(13)15/h4-7,9-12,16-17,23,27H,8,22H2,1-3H3,(H,24,28)(H,25,30)(H,26,29)(H,31,32). The molecule has 0 saturated carbocycles. The number of amides is 3. The second-order valence-corrected chi connectivity index (χ2v) is 7.69. The number of aliphatic carboxylic acids is 1. The summed E-state index contributed by atoms with van der Waals surface area (Å²) in [6.45, 7) is 4.13. The number of nitrogens with two attached hydrogens (primary N) is 1. The smallest absolute Gasteiger partial charge is 0.326 e. The summed E-state index contributed by atoms with van der Waals surface area (Å²) in [5.74, 6) is -3.29. The number of hydrogen-bond acceptors (Lipinski definition) is 6. The van der Waals surface area contributed by atoms with E-state index in [0.29, 0.717) is 0 Å². The van der Waals surface area contributed by atoms with Crippen LogP contribution in [0, 0.1) is 0 Å². The molecule has 0 aliphatic rings. The van der Waals surface area contributed by atoms with Crippen molar-refractivity contribution in [2.45, 2.75) is 57.5 Å². The van der Waals surface area contributed by atoms with E-state index < -0.39 is 54.0 Å². The first-order valence-electron chi connectivity index (χ1n) is 10.1. The molecule has 32 heavy (non-hydrogen) atoms. The number of carbonyl (C=O) groups is 4. The maximum atomic E-state index is 12.5. The number of aromatic amines is 1. The van der Waals surface area contributed by atoms with E-state index >= 15 is 0 Å². The van der Waals surface area contributed by atoms with Crippen molar-refractivity contribution < 1.29 is 29.4 Å². The number of aliphatic hydroxyl groups excluding tert-OH is 1. The van der Waals surface area contributed by atoms with Crippen molar-refractivity contribution >= 4 is 34.6 Å². The number of aromatic nitrogens is 1. The highest BCUT2D eigenvalue weighted by molar-refractivity contribution is 5.94. The van der Waals surface area contributed by atoms with Gasteiger partial charge in [0.25, 0.3) is 0 Å². The number of aliphatic hydroxyl groups is 1. The van der Waals surface area contributed by atoms with Gasteiger partial charge in [-0.15, -0.1) is 0 Å². The van der Waals surface area contributed by atoms with E-state index in [2.05, 4.69) is 20.9 Å². The van der Waals surface area contributed by atoms with Crippen LogP contribution in [0.25, 0.3) is 10.9 Å². The zero-order valence-electron chi connectivity index (χ0n) is 18.1. The normalized spacial score (nSPS) is 15.8. The predicted octanol–water partition coefficient (Wildman–Crippen LogP) is -1.00. The molecule has 3 amide bonds. The van der Waals surface area contributed by atoms with Crippen LogP contribution < -0.4 is 21.7 Å². The molecule has 11 heteroatoms. The van der Waals surface area contributed by atoms with Crippen molar-refractivity contribution in [2.75, 3.05) is 0 Å². The molecule has 5 atom stereocenters. The Hall–Kier alpha value is -3.44. The first kappa shape index (κ1) is 24.8. The maximum absolute atomic E-state index is 12.5. The lowest BCUT2D eigenvalue weighted by molar-refractivity contribution is -0.142. The van der Waals surface area contributed by atoms with Crippen molar-refractivity contribution in [1.29, 1.82) is 0 Å². The Labute approximate surface area is 184 Å². The molecular weight excluding hydrogens is 418 g/mol. The van der Waals surface area contributed by atoms with Gasteiger partial charge in [-0.1, -0.05) is 18.2 Å². The molecule has 1 aromatic heterocycles. The van der Waals surface area contributed by atoms with E-state index in [0.717, 1.165) is 16.5 Å². The van der Waals surface area contributed by atoms with E-state index in [1.165, 1.54) is 20.8 Å². The molecule has 0 bridgehead atoms. The second kappa shape index (κ2) is 10.7. The number of H-pyrrole nitrogens is 1. The highest BCUT2D eigenvalue weighted by Crippen LogP contribution is 2.19. The molecule has 0 aliphatic heterocycles. The fourth-order valence-corrected chi connectivity index (χ4v) is 3.02. The van der Waals surface area contributed by atoms with Crippen LogP contribution >= 0.6 is 0 Å². The highest BCUT2D eigenvalue weighted by atomic mass is 16.4. The number of nitrogens with one attached hydrogen (secondary N) is 4. The molecule has 0 radical (unpaired) electrons. The first-order valence-corrected chi connectivity index (χ1v) is 10.1. The van der Waals surface area contributed by atoms with Crippen LogP contribution in [-0.4, -0.2) is 69.2 Å². The Kier molecular flexibility index (Phi) is 8.33. The van der Waals surface area contributed by atoms with Crippen LogP contribution in [0.5, 0.6) is 0 Å². The van der Waals surface area contributed by atoms with Crippen molar-refractivity contribution in [1.82, 2.24) is 20.9 Å². The fourth-order valence-electron chi connectivity index (χ4n) is 3.02. The van der Waals surface area contributed by atoms with Crippen LogP contribution in [0.1, 0.15) is 26.3 Å². The zero-order chi connectivity index (χ0) is 24.0. The van der Waals surface area contributed by atoms with Gasteiger partial charge in [0.1, 0.15) is 24.2 Å². The second-order valence-electron chi connectivity index (χ2n) is 7.69. The van der Waals surface area contributed by atoms with Crippen LogP contribution in [0.2, 0.25) is 0 Å². The minimum absolute atomic E-state index is 0.0510. The monoisotopic (exact) mass is 447 g/mol. The van der Waals surface area contributed by atoms with Gasteiger partial charge in [-0.3, -0.25) is 14.4 Å². The molecule has 0 fully saturated rings. The van der Waals surface area contributed by atoms with Crippen LogP contribution in [-0.2, 0) is 25.6 Å². The summed E-state index contributed by atoms with van der Waals surface area (Å²) in [6, 6.07) is 2.91. The Morgan fingerprint density at radius 1 is 0.969 bits per heavy atom. The summed E-state index contributed by atoms with van der Waals surface area (Å²) in [7, 11) is 0. The number of carboxylic acid groups (broad SMARTS) is 1. The Bertz CT molecular complexity index is 988. The summed E-state index contributed by atoms with van der Waals surface area (Å²) in [4.78, 5) is 51.4. The Balaban J connectivity index is 1.96. The van der Waals surface area contributed by atoms with Gasteiger partial charge in [0.15, 0.2) is 0 Å². The van der Waals surface area contributed by atoms with Gasteiger partial charge in [-0.05, 0) is 32.4 Å². The largest absolute Gasteiger partial charge is 0.480 e. The minimum atomic E-state index is -1.21. The summed E-state index contributed by atoms with van der Waals surface area (Å²) in [5.41, 5.74) is 7.10. The van der Waals surface area contributed by atoms with E-state index in [9.17, 15) is 29.4 Å². The Morgan fingerprint density at radius 3 is 2.12 bits per heavy atom. The van der Waals surface area contributed by atoms with Gasteiger partial charge in [0.2, 0.25) is 17.7 Å². The minimum Gasteiger partial charge on any atom is -0.480 e. The van der Waals surface area contributed by atoms with Crippen molar-refractivity contribution in [3.63, 3.8) is 0 Å². The molecule has 8 N–H and O–H groups in total. The first-order chi connectivity index (χ1) is 15.0. The molecule has 2 aromatic rings. The number of carboxylic acids is 1. The fraction of sp³-hybridized carbons (Fsp3) is 0.429. The molecule has 5 unspecified atom stereocenters. The Morgan fingerprint density at radius 2 is 1.53 bits per heavy atom. The van der Waals surface area contributed by atoms with Gasteiger partial charge < -0.3 is 36.9 Å². The van der Waals surface area contributed by atoms with E-state index in [4.69, 9.17) is 5.73 Å². The highest BCUT2D eigenvalue weighted by Gasteiger charge is 2.27. The maximum Gasteiger partial charge on any atom is 0.326 e. The van der Waals surface area contributed by atoms with Gasteiger partial charge in [0, 0.05) is 23.5 Å². The number of carbonyl (C=O) groups excluding carboxylic acids is 3. The third-order valence-corrected chi connectivity index (χ3v) is 5.04. The average Bonchev–Trinajstić information content (AvgIpc) is 3.15. The van der Waals surface area contributed by atoms with E-state index in [-0.39, 0.29) is 6.42 Å². The number of rotatable bonds is 10. The van der Waals surface area contributed by atoms with Crippen LogP contribution in [0.4, 0.5) is 0 Å². The quantitative estimate of drug-likeness (QED) is 0.243. The number of fused-ring (bicyclic) bond motifs is 1. The van der Waals surface area contributed by atoms with Crippen molar-refractivity contribution in [3.05, 3.63) is 36.0 Å². The van der Waals surface area contributed by atoms with Gasteiger partial charge in [0.05, 0.1) is 6.10 Å². The lowest BCUT2D eigenvalue weighted by atomic mass is 10.0. The molecule has 2 rings (SSSR count). The number of hydrogen-bond donors (Lipinski definition) is 7. The predicted molar refractivity (Wildman–Crippen MR) is 116 cm³/mol. The van der Waals surface area contributed by atoms with E-state index in [1.807, 2.05) is 24.3 Å². The number of para-hydroxylation sites is 1. The third-order valence-electron chi connectivity index (χ3n) is 5.04. The topological polar surface area (TPSA) is 187 Å². The summed E-state index contributed by atoms with van der Waals surface area (Å²) < 4.78 is 0. The average molecular weight is 447 g/mol. The molecule has 0 aliphatic carbocycles. The van der Waals surface area contributed by atoms with Gasteiger partial charge in [-0.25, -0.2) is 4.79 Å². The summed E-state index contributed by atoms with van der Waals surface area (Å²) >= 11 is 0. The molecule has 0 spiro atoms. The summed E-state index contributed by atoms with van der Waals surface area (Å²) in [5, 5.41) is 26.9.